The molecule has 0 bridgehead atoms. The summed E-state index contributed by atoms with van der Waals surface area (Å²) in [6.45, 7) is 8.97. The lowest BCUT2D eigenvalue weighted by atomic mass is 10.2. The molecular weight excluding hydrogens is 328 g/mol. The summed E-state index contributed by atoms with van der Waals surface area (Å²) in [5, 5.41) is 16.8. The molecule has 0 unspecified atom stereocenters. The monoisotopic (exact) mass is 352 g/mol. The molecule has 0 spiro atoms. The summed E-state index contributed by atoms with van der Waals surface area (Å²) in [6.07, 6.45) is 3.53. The van der Waals surface area contributed by atoms with E-state index in [0.717, 1.165) is 23.8 Å². The molecule has 3 N–H and O–H groups in total. The Morgan fingerprint density at radius 2 is 1.92 bits per heavy atom. The molecule has 1 aromatic carbocycles. The van der Waals surface area contributed by atoms with Gasteiger partial charge in [-0.05, 0) is 31.9 Å². The van der Waals surface area contributed by atoms with Crippen molar-refractivity contribution in [2.45, 2.75) is 27.7 Å². The minimum absolute atomic E-state index is 0.151. The van der Waals surface area contributed by atoms with Gasteiger partial charge in [-0.15, -0.1) is 0 Å². The van der Waals surface area contributed by atoms with Crippen LogP contribution >= 0.6 is 0 Å². The Morgan fingerprint density at radius 1 is 1.12 bits per heavy atom. The first-order chi connectivity index (χ1) is 12.4. The maximum Gasteiger partial charge on any atom is 0.229 e. The van der Waals surface area contributed by atoms with Crippen LogP contribution in [0.5, 0.6) is 5.75 Å². The number of rotatable bonds is 6. The molecule has 3 rings (SSSR count). The van der Waals surface area contributed by atoms with Crippen LogP contribution in [0, 0.1) is 19.8 Å². The molecule has 0 saturated heterocycles. The summed E-state index contributed by atoms with van der Waals surface area (Å²) >= 11 is 0. The average molecular weight is 352 g/mol. The summed E-state index contributed by atoms with van der Waals surface area (Å²) in [7, 11) is 0. The zero-order chi connectivity index (χ0) is 18.7. The zero-order valence-electron chi connectivity index (χ0n) is 15.5. The number of benzene rings is 1. The van der Waals surface area contributed by atoms with Crippen LogP contribution in [0.4, 0.5) is 17.5 Å². The fraction of sp³-hybridized carbons (Fsp3) is 0.316. The Hall–Kier alpha value is -3.09. The molecule has 0 aliphatic carbocycles. The summed E-state index contributed by atoms with van der Waals surface area (Å²) < 4.78 is 1.78. The zero-order valence-corrected chi connectivity index (χ0v) is 15.5. The van der Waals surface area contributed by atoms with Gasteiger partial charge < -0.3 is 20.3 Å². The third-order valence-electron chi connectivity index (χ3n) is 3.77. The van der Waals surface area contributed by atoms with Crippen LogP contribution in [0.15, 0.2) is 36.8 Å². The fourth-order valence-electron chi connectivity index (χ4n) is 2.53. The van der Waals surface area contributed by atoms with Crippen molar-refractivity contribution in [3.8, 4) is 11.4 Å². The van der Waals surface area contributed by atoms with E-state index in [1.165, 1.54) is 0 Å². The van der Waals surface area contributed by atoms with Crippen LogP contribution in [0.1, 0.15) is 25.2 Å². The van der Waals surface area contributed by atoms with Crippen molar-refractivity contribution < 1.29 is 5.11 Å². The number of nitrogens with zero attached hydrogens (tertiary/aromatic N) is 4. The number of aryl methyl sites for hydroxylation is 2. The Morgan fingerprint density at radius 3 is 2.58 bits per heavy atom. The van der Waals surface area contributed by atoms with Crippen molar-refractivity contribution >= 4 is 17.5 Å². The van der Waals surface area contributed by atoms with E-state index < -0.39 is 0 Å². The number of phenols is 1. The maximum atomic E-state index is 10.3. The van der Waals surface area contributed by atoms with E-state index in [4.69, 9.17) is 0 Å². The Bertz CT molecular complexity index is 903. The number of imidazole rings is 1. The molecule has 2 aromatic heterocycles. The molecule has 0 radical (unpaired) electrons. The van der Waals surface area contributed by atoms with Gasteiger partial charge in [-0.25, -0.2) is 9.97 Å². The van der Waals surface area contributed by atoms with E-state index >= 15 is 0 Å². The smallest absolute Gasteiger partial charge is 0.229 e. The third-order valence-corrected chi connectivity index (χ3v) is 3.77. The van der Waals surface area contributed by atoms with E-state index in [9.17, 15) is 5.11 Å². The highest BCUT2D eigenvalue weighted by Crippen LogP contribution is 2.27. The minimum atomic E-state index is 0.151. The molecular formula is C19H24N6O. The van der Waals surface area contributed by atoms with Crippen molar-refractivity contribution in [2.24, 2.45) is 5.92 Å². The first-order valence-electron chi connectivity index (χ1n) is 8.61. The highest BCUT2D eigenvalue weighted by atomic mass is 16.3. The van der Waals surface area contributed by atoms with Crippen LogP contribution in [-0.4, -0.2) is 31.2 Å². The van der Waals surface area contributed by atoms with Gasteiger partial charge in [0.1, 0.15) is 11.6 Å². The molecule has 0 aliphatic rings. The molecule has 7 nitrogen and oxygen atoms in total. The van der Waals surface area contributed by atoms with Gasteiger partial charge in [0, 0.05) is 36.3 Å². The summed E-state index contributed by atoms with van der Waals surface area (Å²) in [6, 6.07) is 7.26. The van der Waals surface area contributed by atoms with E-state index in [0.29, 0.717) is 23.2 Å². The van der Waals surface area contributed by atoms with Crippen LogP contribution in [0.3, 0.4) is 0 Å². The number of aromatic hydroxyl groups is 1. The van der Waals surface area contributed by atoms with Crippen molar-refractivity contribution in [3.63, 3.8) is 0 Å². The Kier molecular flexibility index (Phi) is 5.06. The molecule has 2 heterocycles. The van der Waals surface area contributed by atoms with Gasteiger partial charge in [0.2, 0.25) is 5.95 Å². The standard InChI is InChI=1S/C19H24N6O/c1-12(2)9-20-18-7-13(3)22-19(24-18)23-15-5-6-16(17(26)8-15)25-10-14(4)21-11-25/h5-8,10-12,26H,9H2,1-4H3,(H2,20,22,23,24). The average Bonchev–Trinajstić information content (AvgIpc) is 2.99. The topological polar surface area (TPSA) is 87.9 Å². The lowest BCUT2D eigenvalue weighted by Crippen LogP contribution is -2.10. The molecule has 0 atom stereocenters. The van der Waals surface area contributed by atoms with Gasteiger partial charge in [0.25, 0.3) is 0 Å². The second kappa shape index (κ2) is 7.43. The minimum Gasteiger partial charge on any atom is -0.506 e. The lowest BCUT2D eigenvalue weighted by molar-refractivity contribution is 0.472. The molecule has 0 saturated carbocycles. The van der Waals surface area contributed by atoms with Crippen molar-refractivity contribution in [2.75, 3.05) is 17.2 Å². The van der Waals surface area contributed by atoms with Gasteiger partial charge >= 0.3 is 0 Å². The Balaban J connectivity index is 1.79. The quantitative estimate of drug-likeness (QED) is 0.625. The molecule has 0 amide bonds. The summed E-state index contributed by atoms with van der Waals surface area (Å²) in [4.78, 5) is 13.1. The predicted molar refractivity (Wildman–Crippen MR) is 103 cm³/mol. The van der Waals surface area contributed by atoms with Crippen LogP contribution in [0.25, 0.3) is 5.69 Å². The normalized spacial score (nSPS) is 11.0. The number of aromatic nitrogens is 4. The van der Waals surface area contributed by atoms with Crippen molar-refractivity contribution in [1.82, 2.24) is 19.5 Å². The van der Waals surface area contributed by atoms with Crippen LogP contribution < -0.4 is 10.6 Å². The van der Waals surface area contributed by atoms with Crippen molar-refractivity contribution in [1.29, 1.82) is 0 Å². The number of nitrogens with one attached hydrogen (secondary N) is 2. The second-order valence-corrected chi connectivity index (χ2v) is 6.74. The number of anilines is 3. The molecule has 0 fully saturated rings. The lowest BCUT2D eigenvalue weighted by Gasteiger charge is -2.12. The molecule has 26 heavy (non-hydrogen) atoms. The Labute approximate surface area is 153 Å². The molecule has 7 heteroatoms. The van der Waals surface area contributed by atoms with E-state index in [1.54, 1.807) is 17.0 Å². The highest BCUT2D eigenvalue weighted by Gasteiger charge is 2.08. The van der Waals surface area contributed by atoms with Crippen LogP contribution in [0.2, 0.25) is 0 Å². The molecule has 3 aromatic rings. The number of hydrogen-bond donors (Lipinski definition) is 3. The number of hydrogen-bond acceptors (Lipinski definition) is 6. The predicted octanol–water partition coefficient (Wildman–Crippen LogP) is 3.80. The largest absolute Gasteiger partial charge is 0.506 e. The van der Waals surface area contributed by atoms with Gasteiger partial charge in [-0.2, -0.15) is 4.98 Å². The van der Waals surface area contributed by atoms with E-state index in [-0.39, 0.29) is 5.75 Å². The maximum absolute atomic E-state index is 10.3. The van der Waals surface area contributed by atoms with E-state index in [2.05, 4.69) is 39.4 Å². The SMILES string of the molecule is Cc1cn(-c2ccc(Nc3nc(C)cc(NCC(C)C)n3)cc2O)cn1. The third kappa shape index (κ3) is 4.30. The first kappa shape index (κ1) is 17.7. The van der Waals surface area contributed by atoms with Crippen LogP contribution in [-0.2, 0) is 0 Å². The summed E-state index contributed by atoms with van der Waals surface area (Å²) in [5.41, 5.74) is 3.13. The fourth-order valence-corrected chi connectivity index (χ4v) is 2.53. The van der Waals surface area contributed by atoms with Gasteiger partial charge in [-0.1, -0.05) is 13.8 Å². The summed E-state index contributed by atoms with van der Waals surface area (Å²) in [5.74, 6) is 1.95. The van der Waals surface area contributed by atoms with Gasteiger partial charge in [0.05, 0.1) is 17.7 Å². The molecule has 0 aliphatic heterocycles. The van der Waals surface area contributed by atoms with Crippen molar-refractivity contribution in [3.05, 3.63) is 48.2 Å². The molecule has 136 valence electrons. The van der Waals surface area contributed by atoms with Gasteiger partial charge in [-0.3, -0.25) is 0 Å². The first-order valence-corrected chi connectivity index (χ1v) is 8.61. The van der Waals surface area contributed by atoms with E-state index in [1.807, 2.05) is 38.2 Å². The number of phenolic OH excluding ortho intramolecular Hbond substituents is 1. The highest BCUT2D eigenvalue weighted by molar-refractivity contribution is 5.62. The van der Waals surface area contributed by atoms with Gasteiger partial charge in [0.15, 0.2) is 0 Å². The second-order valence-electron chi connectivity index (χ2n) is 6.74.